The second-order valence-corrected chi connectivity index (χ2v) is 0.778. The SMILES string of the molecule is NCOP=O. The number of nitrogens with two attached hydrogens (primary N) is 1. The first-order valence-corrected chi connectivity index (χ1v) is 1.79. The molecule has 0 aliphatic carbocycles. The maximum absolute atomic E-state index is 9.20. The van der Waals surface area contributed by atoms with Crippen molar-refractivity contribution in [1.82, 2.24) is 0 Å². The van der Waals surface area contributed by atoms with Crippen LogP contribution in [0.25, 0.3) is 0 Å². The van der Waals surface area contributed by atoms with Gasteiger partial charge in [0.1, 0.15) is 6.73 Å². The predicted octanol–water partition coefficient (Wildman–Crippen LogP) is 0.126. The molecule has 0 aromatic carbocycles. The van der Waals surface area contributed by atoms with Crippen molar-refractivity contribution >= 4 is 8.69 Å². The molecular weight excluding hydrogens is 89.0 g/mol. The van der Waals surface area contributed by atoms with Gasteiger partial charge in [0.05, 0.1) is 0 Å². The van der Waals surface area contributed by atoms with Crippen LogP contribution in [0.3, 0.4) is 0 Å². The van der Waals surface area contributed by atoms with E-state index < -0.39 is 0 Å². The second-order valence-electron chi connectivity index (χ2n) is 0.370. The molecule has 0 atom stereocenters. The third kappa shape index (κ3) is 4.02. The summed E-state index contributed by atoms with van der Waals surface area (Å²) in [5, 5.41) is 0. The Morgan fingerprint density at radius 1 is 2.00 bits per heavy atom. The van der Waals surface area contributed by atoms with E-state index in [2.05, 4.69) is 4.52 Å². The largest absolute Gasteiger partial charge is 0.328 e. The Labute approximate surface area is 31.4 Å². The molecule has 0 aromatic rings. The summed E-state index contributed by atoms with van der Waals surface area (Å²) in [6.07, 6.45) is 0. The maximum atomic E-state index is 9.20. The first-order chi connectivity index (χ1) is 2.41. The van der Waals surface area contributed by atoms with Crippen LogP contribution in [-0.4, -0.2) is 6.73 Å². The molecule has 0 spiro atoms. The molecule has 0 fully saturated rings. The predicted molar refractivity (Wildman–Crippen MR) is 17.7 cm³/mol. The zero-order chi connectivity index (χ0) is 4.12. The minimum absolute atomic E-state index is 0.0189. The van der Waals surface area contributed by atoms with Crippen molar-refractivity contribution in [3.8, 4) is 0 Å². The molecule has 2 N–H and O–H groups in total. The van der Waals surface area contributed by atoms with E-state index in [1.807, 2.05) is 0 Å². The van der Waals surface area contributed by atoms with Crippen molar-refractivity contribution < 1.29 is 9.09 Å². The number of hydrogen-bond donors (Lipinski definition) is 1. The van der Waals surface area contributed by atoms with Gasteiger partial charge in [-0.3, -0.25) is 4.52 Å². The van der Waals surface area contributed by atoms with E-state index in [0.29, 0.717) is 0 Å². The highest BCUT2D eigenvalue weighted by atomic mass is 31.1. The highest BCUT2D eigenvalue weighted by Crippen LogP contribution is 1.86. The molecular formula is CH4NO2P. The van der Waals surface area contributed by atoms with E-state index in [0.717, 1.165) is 0 Å². The lowest BCUT2D eigenvalue weighted by Crippen LogP contribution is -1.95. The van der Waals surface area contributed by atoms with Gasteiger partial charge in [-0.25, -0.2) is 4.57 Å². The summed E-state index contributed by atoms with van der Waals surface area (Å²) in [5.74, 6) is 0. The first kappa shape index (κ1) is 5.02. The van der Waals surface area contributed by atoms with E-state index in [1.165, 1.54) is 0 Å². The molecule has 4 heteroatoms. The van der Waals surface area contributed by atoms with Gasteiger partial charge in [0.25, 0.3) is 0 Å². The highest BCUT2D eigenvalue weighted by molar-refractivity contribution is 7.17. The third-order valence-corrected chi connectivity index (χ3v) is 0.382. The smallest absolute Gasteiger partial charge is 0.308 e. The van der Waals surface area contributed by atoms with Crippen LogP contribution in [0, 0.1) is 0 Å². The molecule has 3 nitrogen and oxygen atoms in total. The fraction of sp³-hybridized carbons (Fsp3) is 1.00. The Hall–Kier alpha value is 0.0200. The van der Waals surface area contributed by atoms with Gasteiger partial charge >= 0.3 is 8.69 Å². The van der Waals surface area contributed by atoms with Crippen molar-refractivity contribution in [2.24, 2.45) is 5.73 Å². The zero-order valence-electron chi connectivity index (χ0n) is 2.55. The molecule has 0 saturated carbocycles. The van der Waals surface area contributed by atoms with Crippen molar-refractivity contribution in [1.29, 1.82) is 0 Å². The summed E-state index contributed by atoms with van der Waals surface area (Å²) in [5.41, 5.74) is 4.71. The van der Waals surface area contributed by atoms with Crippen molar-refractivity contribution in [3.05, 3.63) is 0 Å². The molecule has 0 amide bonds. The fourth-order valence-electron chi connectivity index (χ4n) is 0.0304. The average Bonchev–Trinajstić information content (AvgIpc) is 1.41. The highest BCUT2D eigenvalue weighted by Gasteiger charge is 1.65. The van der Waals surface area contributed by atoms with Crippen molar-refractivity contribution in [3.63, 3.8) is 0 Å². The van der Waals surface area contributed by atoms with E-state index >= 15 is 0 Å². The number of rotatable bonds is 2. The summed E-state index contributed by atoms with van der Waals surface area (Å²) in [7, 11) is -0.345. The lowest BCUT2D eigenvalue weighted by Gasteiger charge is -1.73. The Balaban J connectivity index is 2.40. The molecule has 0 bridgehead atoms. The molecule has 0 aliphatic rings. The van der Waals surface area contributed by atoms with Crippen molar-refractivity contribution in [2.45, 2.75) is 0 Å². The normalized spacial score (nSPS) is 9.00. The molecule has 0 radical (unpaired) electrons. The van der Waals surface area contributed by atoms with Gasteiger partial charge in [-0.05, 0) is 0 Å². The molecule has 0 aromatic heterocycles. The molecule has 0 saturated heterocycles. The van der Waals surface area contributed by atoms with E-state index in [9.17, 15) is 4.57 Å². The summed E-state index contributed by atoms with van der Waals surface area (Å²) in [6.45, 7) is 0.0189. The molecule has 0 rings (SSSR count). The molecule has 5 heavy (non-hydrogen) atoms. The van der Waals surface area contributed by atoms with Crippen LogP contribution in [0.15, 0.2) is 0 Å². The van der Waals surface area contributed by atoms with E-state index in [-0.39, 0.29) is 15.4 Å². The lowest BCUT2D eigenvalue weighted by atomic mass is 11.4. The van der Waals surface area contributed by atoms with Gasteiger partial charge in [0.2, 0.25) is 0 Å². The molecule has 0 heterocycles. The summed E-state index contributed by atoms with van der Waals surface area (Å²) >= 11 is 0. The van der Waals surface area contributed by atoms with Crippen LogP contribution in [0.2, 0.25) is 0 Å². The number of hydrogen-bond acceptors (Lipinski definition) is 3. The van der Waals surface area contributed by atoms with Crippen LogP contribution in [0.1, 0.15) is 0 Å². The molecule has 0 aliphatic heterocycles. The average molecular weight is 93.0 g/mol. The van der Waals surface area contributed by atoms with Gasteiger partial charge < -0.3 is 5.73 Å². The fourth-order valence-corrected chi connectivity index (χ4v) is 0.0913. The van der Waals surface area contributed by atoms with Gasteiger partial charge in [0.15, 0.2) is 0 Å². The van der Waals surface area contributed by atoms with E-state index in [4.69, 9.17) is 5.73 Å². The van der Waals surface area contributed by atoms with Gasteiger partial charge in [0, 0.05) is 0 Å². The maximum Gasteiger partial charge on any atom is 0.328 e. The Kier molecular flexibility index (Phi) is 4.04. The summed E-state index contributed by atoms with van der Waals surface area (Å²) in [6, 6.07) is 0. The van der Waals surface area contributed by atoms with Crippen LogP contribution < -0.4 is 5.73 Å². The molecule has 0 unspecified atom stereocenters. The quantitative estimate of drug-likeness (QED) is 0.389. The summed E-state index contributed by atoms with van der Waals surface area (Å²) < 4.78 is 13.2. The minimum Gasteiger partial charge on any atom is -0.308 e. The second kappa shape index (κ2) is 4.02. The standard InChI is InChI=1S/CH4NO2P/c2-1-4-5-3/h1-2H2. The van der Waals surface area contributed by atoms with Crippen LogP contribution in [0.4, 0.5) is 0 Å². The summed E-state index contributed by atoms with van der Waals surface area (Å²) in [4.78, 5) is 0. The van der Waals surface area contributed by atoms with Crippen LogP contribution in [-0.2, 0) is 9.09 Å². The minimum atomic E-state index is -0.345. The van der Waals surface area contributed by atoms with Gasteiger partial charge in [-0.1, -0.05) is 0 Å². The van der Waals surface area contributed by atoms with Crippen molar-refractivity contribution in [2.75, 3.05) is 6.73 Å². The third-order valence-electron chi connectivity index (χ3n) is 0.127. The zero-order valence-corrected chi connectivity index (χ0v) is 3.44. The van der Waals surface area contributed by atoms with E-state index in [1.54, 1.807) is 0 Å². The van der Waals surface area contributed by atoms with Gasteiger partial charge in [-0.2, -0.15) is 0 Å². The lowest BCUT2D eigenvalue weighted by molar-refractivity contribution is 0.355. The van der Waals surface area contributed by atoms with Crippen LogP contribution >= 0.6 is 8.69 Å². The topological polar surface area (TPSA) is 52.3 Å². The van der Waals surface area contributed by atoms with Crippen LogP contribution in [0.5, 0.6) is 0 Å². The van der Waals surface area contributed by atoms with Gasteiger partial charge in [-0.15, -0.1) is 0 Å². The first-order valence-electron chi connectivity index (χ1n) is 1.06. The Morgan fingerprint density at radius 3 is 2.60 bits per heavy atom. The monoisotopic (exact) mass is 93.0 g/mol. The Bertz CT molecular complexity index is 30.8. The Morgan fingerprint density at radius 2 is 2.60 bits per heavy atom. The molecule has 30 valence electrons.